The molecule has 1 aromatic carbocycles. The van der Waals surface area contributed by atoms with Crippen molar-refractivity contribution in [1.82, 2.24) is 4.90 Å². The summed E-state index contributed by atoms with van der Waals surface area (Å²) in [7, 11) is 0. The highest BCUT2D eigenvalue weighted by atomic mass is 35.5. The summed E-state index contributed by atoms with van der Waals surface area (Å²) in [5, 5.41) is 5.17. The molecule has 1 amide bonds. The van der Waals surface area contributed by atoms with Crippen molar-refractivity contribution >= 4 is 34.8 Å². The average Bonchev–Trinajstić information content (AvgIpc) is 2.97. The molecule has 6 heteroatoms. The molecule has 23 heavy (non-hydrogen) atoms. The topological polar surface area (TPSA) is 41.9 Å². The summed E-state index contributed by atoms with van der Waals surface area (Å²) < 4.78 is 0. The number of oxime groups is 1. The van der Waals surface area contributed by atoms with E-state index < -0.39 is 0 Å². The number of rotatable bonds is 6. The minimum absolute atomic E-state index is 0.0154. The van der Waals surface area contributed by atoms with Crippen LogP contribution in [0, 0.1) is 5.92 Å². The zero-order valence-corrected chi connectivity index (χ0v) is 15.2. The molecule has 0 spiro atoms. The van der Waals surface area contributed by atoms with E-state index in [4.69, 9.17) is 28.0 Å². The van der Waals surface area contributed by atoms with Crippen molar-refractivity contribution in [2.45, 2.75) is 39.7 Å². The SMILES string of the molecule is CCCN(C[C@@H]1CC(c2ccc(Cl)c(Cl)c2)=NO1)C(=O)C(C)C. The summed E-state index contributed by atoms with van der Waals surface area (Å²) in [6.45, 7) is 7.18. The Labute approximate surface area is 147 Å². The lowest BCUT2D eigenvalue weighted by molar-refractivity contribution is -0.136. The minimum Gasteiger partial charge on any atom is -0.390 e. The Balaban J connectivity index is 2.00. The number of nitrogens with zero attached hydrogens (tertiary/aromatic N) is 2. The highest BCUT2D eigenvalue weighted by Gasteiger charge is 2.27. The lowest BCUT2D eigenvalue weighted by Gasteiger charge is -2.26. The van der Waals surface area contributed by atoms with Gasteiger partial charge in [-0.3, -0.25) is 4.79 Å². The van der Waals surface area contributed by atoms with Crippen molar-refractivity contribution in [2.75, 3.05) is 13.1 Å². The Morgan fingerprint density at radius 2 is 2.13 bits per heavy atom. The predicted molar refractivity (Wildman–Crippen MR) is 94.2 cm³/mol. The molecule has 0 radical (unpaired) electrons. The molecule has 0 saturated carbocycles. The summed E-state index contributed by atoms with van der Waals surface area (Å²) in [4.78, 5) is 19.6. The van der Waals surface area contributed by atoms with Crippen LogP contribution in [0.2, 0.25) is 10.0 Å². The Hall–Kier alpha value is -1.26. The van der Waals surface area contributed by atoms with E-state index in [1.807, 2.05) is 24.8 Å². The zero-order valence-electron chi connectivity index (χ0n) is 13.7. The van der Waals surface area contributed by atoms with Crippen molar-refractivity contribution in [3.8, 4) is 0 Å². The molecule has 0 aliphatic carbocycles. The largest absolute Gasteiger partial charge is 0.390 e. The molecule has 1 aromatic rings. The lowest BCUT2D eigenvalue weighted by atomic mass is 10.0. The van der Waals surface area contributed by atoms with Crippen LogP contribution in [-0.2, 0) is 9.63 Å². The third-order valence-corrected chi connectivity index (χ3v) is 4.45. The fourth-order valence-corrected chi connectivity index (χ4v) is 2.84. The van der Waals surface area contributed by atoms with Gasteiger partial charge >= 0.3 is 0 Å². The van der Waals surface area contributed by atoms with Gasteiger partial charge in [0.05, 0.1) is 22.3 Å². The second-order valence-electron chi connectivity index (χ2n) is 6.04. The van der Waals surface area contributed by atoms with Gasteiger partial charge in [-0.25, -0.2) is 0 Å². The molecule has 1 aliphatic rings. The van der Waals surface area contributed by atoms with E-state index in [0.29, 0.717) is 23.0 Å². The van der Waals surface area contributed by atoms with Crippen LogP contribution in [0.4, 0.5) is 0 Å². The fraction of sp³-hybridized carbons (Fsp3) is 0.529. The summed E-state index contributed by atoms with van der Waals surface area (Å²) >= 11 is 12.0. The van der Waals surface area contributed by atoms with E-state index in [1.54, 1.807) is 12.1 Å². The fourth-order valence-electron chi connectivity index (χ4n) is 2.54. The maximum Gasteiger partial charge on any atom is 0.225 e. The molecule has 0 fully saturated rings. The van der Waals surface area contributed by atoms with Gasteiger partial charge in [-0.2, -0.15) is 0 Å². The summed E-state index contributed by atoms with van der Waals surface area (Å²) in [6, 6.07) is 5.42. The first-order valence-electron chi connectivity index (χ1n) is 7.89. The first kappa shape index (κ1) is 18.1. The van der Waals surface area contributed by atoms with Crippen LogP contribution < -0.4 is 0 Å². The predicted octanol–water partition coefficient (Wildman–Crippen LogP) is 4.38. The number of carbonyl (C=O) groups excluding carboxylic acids is 1. The van der Waals surface area contributed by atoms with Gasteiger partial charge in [-0.1, -0.05) is 55.2 Å². The standard InChI is InChI=1S/C17H22Cl2N2O2/c1-4-7-21(17(22)11(2)3)10-13-9-16(20-23-13)12-5-6-14(18)15(19)8-12/h5-6,8,11,13H,4,7,9-10H2,1-3H3/t13-/m0/s1. The van der Waals surface area contributed by atoms with Crippen LogP contribution >= 0.6 is 23.2 Å². The van der Waals surface area contributed by atoms with Gasteiger partial charge in [0, 0.05) is 24.4 Å². The van der Waals surface area contributed by atoms with E-state index in [1.165, 1.54) is 0 Å². The van der Waals surface area contributed by atoms with Gasteiger partial charge in [0.15, 0.2) is 6.10 Å². The maximum atomic E-state index is 12.3. The Bertz CT molecular complexity index is 602. The van der Waals surface area contributed by atoms with Crippen molar-refractivity contribution < 1.29 is 9.63 Å². The second-order valence-corrected chi connectivity index (χ2v) is 6.85. The molecule has 0 N–H and O–H groups in total. The number of benzene rings is 1. The van der Waals surface area contributed by atoms with E-state index >= 15 is 0 Å². The van der Waals surface area contributed by atoms with Gasteiger partial charge in [0.2, 0.25) is 5.91 Å². The number of hydrogen-bond acceptors (Lipinski definition) is 3. The van der Waals surface area contributed by atoms with Gasteiger partial charge in [0.25, 0.3) is 0 Å². The van der Waals surface area contributed by atoms with Crippen LogP contribution in [0.1, 0.15) is 39.2 Å². The Kier molecular flexibility index (Phi) is 6.31. The van der Waals surface area contributed by atoms with E-state index in [9.17, 15) is 4.79 Å². The molecular formula is C17H22Cl2N2O2. The van der Waals surface area contributed by atoms with Gasteiger partial charge < -0.3 is 9.74 Å². The summed E-state index contributed by atoms with van der Waals surface area (Å²) in [6.07, 6.45) is 1.46. The first-order chi connectivity index (χ1) is 10.9. The first-order valence-corrected chi connectivity index (χ1v) is 8.64. The minimum atomic E-state index is -0.117. The lowest BCUT2D eigenvalue weighted by Crippen LogP contribution is -2.40. The van der Waals surface area contributed by atoms with Crippen LogP contribution in [-0.4, -0.2) is 35.7 Å². The number of amides is 1. The van der Waals surface area contributed by atoms with Crippen LogP contribution in [0.5, 0.6) is 0 Å². The summed E-state index contributed by atoms with van der Waals surface area (Å²) in [5.41, 5.74) is 1.74. The van der Waals surface area contributed by atoms with E-state index in [-0.39, 0.29) is 17.9 Å². The smallest absolute Gasteiger partial charge is 0.225 e. The monoisotopic (exact) mass is 356 g/mol. The van der Waals surface area contributed by atoms with Gasteiger partial charge in [-0.05, 0) is 18.6 Å². The molecule has 2 rings (SSSR count). The van der Waals surface area contributed by atoms with E-state index in [2.05, 4.69) is 12.1 Å². The molecular weight excluding hydrogens is 335 g/mol. The highest BCUT2D eigenvalue weighted by molar-refractivity contribution is 6.42. The normalized spacial score (nSPS) is 17.1. The maximum absolute atomic E-state index is 12.3. The van der Waals surface area contributed by atoms with E-state index in [0.717, 1.165) is 24.2 Å². The van der Waals surface area contributed by atoms with Crippen LogP contribution in [0.15, 0.2) is 23.4 Å². The van der Waals surface area contributed by atoms with Crippen molar-refractivity contribution in [3.05, 3.63) is 33.8 Å². The second kappa shape index (κ2) is 8.02. The van der Waals surface area contributed by atoms with Crippen molar-refractivity contribution in [3.63, 3.8) is 0 Å². The molecule has 0 bridgehead atoms. The molecule has 126 valence electrons. The van der Waals surface area contributed by atoms with Gasteiger partial charge in [0.1, 0.15) is 0 Å². The van der Waals surface area contributed by atoms with Crippen LogP contribution in [0.3, 0.4) is 0 Å². The Morgan fingerprint density at radius 3 is 2.74 bits per heavy atom. The van der Waals surface area contributed by atoms with Crippen molar-refractivity contribution in [1.29, 1.82) is 0 Å². The Morgan fingerprint density at radius 1 is 1.39 bits per heavy atom. The van der Waals surface area contributed by atoms with Gasteiger partial charge in [-0.15, -0.1) is 0 Å². The zero-order chi connectivity index (χ0) is 17.0. The van der Waals surface area contributed by atoms with Crippen LogP contribution in [0.25, 0.3) is 0 Å². The summed E-state index contributed by atoms with van der Waals surface area (Å²) in [5.74, 6) is 0.136. The number of halogens is 2. The molecule has 1 heterocycles. The molecule has 0 aromatic heterocycles. The average molecular weight is 357 g/mol. The molecule has 0 unspecified atom stereocenters. The van der Waals surface area contributed by atoms with Crippen molar-refractivity contribution in [2.24, 2.45) is 11.1 Å². The number of carbonyl (C=O) groups is 1. The molecule has 0 saturated heterocycles. The highest BCUT2D eigenvalue weighted by Crippen LogP contribution is 2.25. The third-order valence-electron chi connectivity index (χ3n) is 3.71. The molecule has 4 nitrogen and oxygen atoms in total. The number of hydrogen-bond donors (Lipinski definition) is 0. The quantitative estimate of drug-likeness (QED) is 0.758. The molecule has 1 atom stereocenters. The molecule has 1 aliphatic heterocycles. The third kappa shape index (κ3) is 4.61.